The maximum atomic E-state index is 12.9. The van der Waals surface area contributed by atoms with Crippen LogP contribution >= 0.6 is 23.2 Å². The van der Waals surface area contributed by atoms with E-state index in [0.717, 1.165) is 28.7 Å². The monoisotopic (exact) mass is 402 g/mol. The van der Waals surface area contributed by atoms with Crippen molar-refractivity contribution >= 4 is 34.6 Å². The van der Waals surface area contributed by atoms with Crippen LogP contribution in [0.15, 0.2) is 42.2 Å². The lowest BCUT2D eigenvalue weighted by atomic mass is 9.87. The molecule has 0 radical (unpaired) electrons. The van der Waals surface area contributed by atoms with Gasteiger partial charge in [-0.1, -0.05) is 54.4 Å². The highest BCUT2D eigenvalue weighted by molar-refractivity contribution is 6.36. The van der Waals surface area contributed by atoms with Crippen LogP contribution in [0.3, 0.4) is 0 Å². The van der Waals surface area contributed by atoms with Gasteiger partial charge in [-0.3, -0.25) is 4.79 Å². The van der Waals surface area contributed by atoms with Crippen LogP contribution in [0.1, 0.15) is 37.8 Å². The third kappa shape index (κ3) is 2.98. The summed E-state index contributed by atoms with van der Waals surface area (Å²) in [7, 11) is 0. The number of Topliss-reactive ketones (excluding diaryl/α,β-unsaturated/α-hetero) is 1. The summed E-state index contributed by atoms with van der Waals surface area (Å²) in [6, 6.07) is 11.3. The number of aryl methyl sites for hydroxylation is 1. The zero-order valence-electron chi connectivity index (χ0n) is 15.2. The van der Waals surface area contributed by atoms with Gasteiger partial charge in [-0.2, -0.15) is 0 Å². The number of fused-ring (bicyclic) bond motifs is 2. The van der Waals surface area contributed by atoms with Gasteiger partial charge >= 0.3 is 0 Å². The Bertz CT molecular complexity index is 980. The number of carbonyl (C=O) groups is 1. The Morgan fingerprint density at radius 1 is 1.19 bits per heavy atom. The summed E-state index contributed by atoms with van der Waals surface area (Å²) in [6.07, 6.45) is 1.55. The average Bonchev–Trinajstić information content (AvgIpc) is 3.02. The minimum Gasteiger partial charge on any atom is -0.508 e. The maximum Gasteiger partial charge on any atom is 0.195 e. The first kappa shape index (κ1) is 18.5. The van der Waals surface area contributed by atoms with E-state index in [1.54, 1.807) is 12.1 Å². The number of hydrogen-bond donors (Lipinski definition) is 1. The van der Waals surface area contributed by atoms with Crippen LogP contribution in [0.2, 0.25) is 10.0 Å². The van der Waals surface area contributed by atoms with Crippen molar-refractivity contribution in [3.05, 3.63) is 63.3 Å². The van der Waals surface area contributed by atoms with Crippen LogP contribution in [0.5, 0.6) is 0 Å². The number of ether oxygens (including phenoxy) is 1. The van der Waals surface area contributed by atoms with E-state index in [-0.39, 0.29) is 11.5 Å². The van der Waals surface area contributed by atoms with Gasteiger partial charge in [0.25, 0.3) is 0 Å². The van der Waals surface area contributed by atoms with Crippen LogP contribution in [-0.4, -0.2) is 22.6 Å². The largest absolute Gasteiger partial charge is 0.508 e. The Balaban J connectivity index is 1.84. The van der Waals surface area contributed by atoms with Crippen molar-refractivity contribution in [1.29, 1.82) is 0 Å². The first-order valence-electron chi connectivity index (χ1n) is 9.08. The Morgan fingerprint density at radius 2 is 1.93 bits per heavy atom. The van der Waals surface area contributed by atoms with E-state index in [9.17, 15) is 9.90 Å². The average molecular weight is 403 g/mol. The Hall–Kier alpha value is -1.81. The number of aliphatic hydroxyl groups is 1. The van der Waals surface area contributed by atoms with Gasteiger partial charge in [-0.25, -0.2) is 0 Å². The van der Waals surface area contributed by atoms with E-state index >= 15 is 0 Å². The molecular formula is C22H20Cl2O3. The van der Waals surface area contributed by atoms with Crippen molar-refractivity contribution in [3.8, 4) is 11.1 Å². The third-order valence-electron chi connectivity index (χ3n) is 5.56. The summed E-state index contributed by atoms with van der Waals surface area (Å²) in [6.45, 7) is 3.88. The van der Waals surface area contributed by atoms with E-state index in [4.69, 9.17) is 27.9 Å². The molecular weight excluding hydrogens is 383 g/mol. The SMILES string of the molecule is CCc1cc(-c2ccc(Cl)cc2Cl)ccc1C1=C(O)[C@@]2(C)CC[C@@H](O2)C1=O. The van der Waals surface area contributed by atoms with Crippen molar-refractivity contribution in [2.75, 3.05) is 0 Å². The van der Waals surface area contributed by atoms with Crippen LogP contribution in [-0.2, 0) is 16.0 Å². The molecule has 2 aliphatic rings. The lowest BCUT2D eigenvalue weighted by molar-refractivity contribution is -0.130. The maximum absolute atomic E-state index is 12.9. The lowest BCUT2D eigenvalue weighted by Crippen LogP contribution is -2.37. The van der Waals surface area contributed by atoms with Gasteiger partial charge in [0, 0.05) is 15.6 Å². The molecule has 0 spiro atoms. The molecule has 0 aliphatic carbocycles. The summed E-state index contributed by atoms with van der Waals surface area (Å²) in [5.41, 5.74) is 3.22. The van der Waals surface area contributed by atoms with Crippen molar-refractivity contribution in [3.63, 3.8) is 0 Å². The molecule has 2 aliphatic heterocycles. The molecule has 2 atom stereocenters. The van der Waals surface area contributed by atoms with Crippen LogP contribution in [0, 0.1) is 0 Å². The zero-order chi connectivity index (χ0) is 19.3. The van der Waals surface area contributed by atoms with E-state index in [1.165, 1.54) is 0 Å². The predicted molar refractivity (Wildman–Crippen MR) is 108 cm³/mol. The molecule has 0 aromatic heterocycles. The second-order valence-corrected chi connectivity index (χ2v) is 8.16. The Morgan fingerprint density at radius 3 is 2.63 bits per heavy atom. The van der Waals surface area contributed by atoms with Crippen molar-refractivity contribution in [1.82, 2.24) is 0 Å². The van der Waals surface area contributed by atoms with Gasteiger partial charge in [0.2, 0.25) is 0 Å². The molecule has 1 fully saturated rings. The number of aliphatic hydroxyl groups excluding tert-OH is 1. The summed E-state index contributed by atoms with van der Waals surface area (Å²) in [5, 5.41) is 12.0. The number of hydrogen-bond acceptors (Lipinski definition) is 3. The van der Waals surface area contributed by atoms with Crippen molar-refractivity contribution in [2.45, 2.75) is 44.8 Å². The van der Waals surface area contributed by atoms with E-state index in [0.29, 0.717) is 28.5 Å². The second-order valence-electron chi connectivity index (χ2n) is 7.31. The summed E-state index contributed by atoms with van der Waals surface area (Å²) in [5.74, 6) is -0.0809. The lowest BCUT2D eigenvalue weighted by Gasteiger charge is -2.31. The van der Waals surface area contributed by atoms with Gasteiger partial charge in [-0.15, -0.1) is 0 Å². The normalized spacial score (nSPS) is 24.6. The molecule has 2 aromatic rings. The fraction of sp³-hybridized carbons (Fsp3) is 0.318. The third-order valence-corrected chi connectivity index (χ3v) is 6.11. The number of benzene rings is 2. The van der Waals surface area contributed by atoms with E-state index in [2.05, 4.69) is 0 Å². The van der Waals surface area contributed by atoms with Crippen molar-refractivity contribution in [2.24, 2.45) is 0 Å². The minimum absolute atomic E-state index is 0.0493. The molecule has 1 saturated heterocycles. The molecule has 5 heteroatoms. The standard InChI is InChI=1S/C22H20Cl2O3/c1-3-12-10-13(15-7-5-14(23)11-17(15)24)4-6-16(12)19-20(25)18-8-9-22(2,27-18)21(19)26/h4-7,10-11,18,26H,3,8-9H2,1-2H3/t18-,22-/m1/s1. The molecule has 0 unspecified atom stereocenters. The zero-order valence-corrected chi connectivity index (χ0v) is 16.7. The first-order chi connectivity index (χ1) is 12.8. The molecule has 0 saturated carbocycles. The Labute approximate surface area is 168 Å². The molecule has 2 heterocycles. The molecule has 3 nitrogen and oxygen atoms in total. The number of rotatable bonds is 3. The van der Waals surface area contributed by atoms with Gasteiger partial charge < -0.3 is 9.84 Å². The van der Waals surface area contributed by atoms with Gasteiger partial charge in [0.1, 0.15) is 17.5 Å². The molecule has 4 rings (SSSR count). The summed E-state index contributed by atoms with van der Waals surface area (Å²) in [4.78, 5) is 12.9. The van der Waals surface area contributed by atoms with Crippen LogP contribution in [0.25, 0.3) is 16.7 Å². The number of halogens is 2. The van der Waals surface area contributed by atoms with E-state index < -0.39 is 11.7 Å². The molecule has 140 valence electrons. The molecule has 0 amide bonds. The van der Waals surface area contributed by atoms with Crippen LogP contribution < -0.4 is 0 Å². The quantitative estimate of drug-likeness (QED) is 0.683. The molecule has 1 N–H and O–H groups in total. The second kappa shape index (κ2) is 6.66. The Kier molecular flexibility index (Phi) is 4.58. The number of carbonyl (C=O) groups excluding carboxylic acids is 1. The fourth-order valence-corrected chi connectivity index (χ4v) is 4.54. The summed E-state index contributed by atoms with van der Waals surface area (Å²) >= 11 is 12.4. The van der Waals surface area contributed by atoms with Crippen LogP contribution in [0.4, 0.5) is 0 Å². The smallest absolute Gasteiger partial charge is 0.195 e. The highest BCUT2D eigenvalue weighted by atomic mass is 35.5. The topological polar surface area (TPSA) is 46.5 Å². The van der Waals surface area contributed by atoms with E-state index in [1.807, 2.05) is 38.1 Å². The minimum atomic E-state index is -0.767. The predicted octanol–water partition coefficient (Wildman–Crippen LogP) is 6.01. The fourth-order valence-electron chi connectivity index (χ4n) is 4.02. The molecule has 27 heavy (non-hydrogen) atoms. The first-order valence-corrected chi connectivity index (χ1v) is 9.84. The highest BCUT2D eigenvalue weighted by Gasteiger charge is 2.50. The number of ketones is 1. The van der Waals surface area contributed by atoms with Gasteiger partial charge in [0.15, 0.2) is 5.78 Å². The molecule has 2 aromatic carbocycles. The summed E-state index contributed by atoms with van der Waals surface area (Å²) < 4.78 is 5.77. The highest BCUT2D eigenvalue weighted by Crippen LogP contribution is 2.45. The van der Waals surface area contributed by atoms with Gasteiger partial charge in [-0.05, 0) is 55.0 Å². The van der Waals surface area contributed by atoms with Crippen molar-refractivity contribution < 1.29 is 14.6 Å². The van der Waals surface area contributed by atoms with Gasteiger partial charge in [0.05, 0.1) is 5.57 Å². The molecule has 2 bridgehead atoms.